The summed E-state index contributed by atoms with van der Waals surface area (Å²) in [6.45, 7) is 2.90. The van der Waals surface area contributed by atoms with Gasteiger partial charge in [-0.2, -0.15) is 10.1 Å². The van der Waals surface area contributed by atoms with Crippen LogP contribution in [0.1, 0.15) is 47.4 Å². The lowest BCUT2D eigenvalue weighted by Gasteiger charge is -2.37. The predicted molar refractivity (Wildman–Crippen MR) is 110 cm³/mol. The van der Waals surface area contributed by atoms with Gasteiger partial charge in [-0.15, -0.1) is 0 Å². The number of carbonyl (C=O) groups is 1. The third-order valence-electron chi connectivity index (χ3n) is 6.04. The SMILES string of the molecule is CC1CCN(C(=O)c2ccc3ncc(F)cc3c2)CC1c1cc(C(F)F)nc2ncnn12. The van der Waals surface area contributed by atoms with E-state index in [4.69, 9.17) is 0 Å². The van der Waals surface area contributed by atoms with E-state index in [0.717, 1.165) is 6.20 Å². The molecule has 7 nitrogen and oxygen atoms in total. The number of benzene rings is 1. The number of carbonyl (C=O) groups excluding carboxylic acids is 1. The van der Waals surface area contributed by atoms with Gasteiger partial charge >= 0.3 is 0 Å². The Morgan fingerprint density at radius 2 is 2.03 bits per heavy atom. The summed E-state index contributed by atoms with van der Waals surface area (Å²) in [4.78, 5) is 26.8. The second-order valence-corrected chi connectivity index (χ2v) is 8.06. The number of amides is 1. The average molecular weight is 440 g/mol. The first-order valence-electron chi connectivity index (χ1n) is 10.2. The van der Waals surface area contributed by atoms with Crippen LogP contribution in [0.4, 0.5) is 13.2 Å². The zero-order chi connectivity index (χ0) is 22.4. The van der Waals surface area contributed by atoms with E-state index in [0.29, 0.717) is 41.7 Å². The lowest BCUT2D eigenvalue weighted by atomic mass is 9.84. The standard InChI is InChI=1S/C22H19F3N6O/c1-12-4-5-30(21(32)13-2-3-17-14(6-13)7-15(23)9-26-17)10-16(12)19-8-18(20(24)25)29-22-27-11-28-31(19)22/h2-3,6-9,11-12,16,20H,4-5,10H2,1H3. The second-order valence-electron chi connectivity index (χ2n) is 8.06. The van der Waals surface area contributed by atoms with E-state index < -0.39 is 12.2 Å². The summed E-state index contributed by atoms with van der Waals surface area (Å²) in [5.41, 5.74) is 1.21. The summed E-state index contributed by atoms with van der Waals surface area (Å²) >= 11 is 0. The third-order valence-corrected chi connectivity index (χ3v) is 6.04. The van der Waals surface area contributed by atoms with Crippen molar-refractivity contribution in [2.24, 2.45) is 5.92 Å². The van der Waals surface area contributed by atoms with E-state index in [2.05, 4.69) is 20.1 Å². The Balaban J connectivity index is 1.48. The van der Waals surface area contributed by atoms with Crippen molar-refractivity contribution in [3.05, 3.63) is 65.6 Å². The molecule has 1 amide bonds. The van der Waals surface area contributed by atoms with Crippen LogP contribution in [0.15, 0.2) is 42.9 Å². The molecule has 2 unspecified atom stereocenters. The van der Waals surface area contributed by atoms with Gasteiger partial charge in [-0.1, -0.05) is 6.92 Å². The molecule has 4 aromatic rings. The number of piperidine rings is 1. The third kappa shape index (κ3) is 3.55. The maximum absolute atomic E-state index is 13.6. The van der Waals surface area contributed by atoms with Gasteiger partial charge in [-0.05, 0) is 42.7 Å². The van der Waals surface area contributed by atoms with Crippen LogP contribution in [0, 0.1) is 11.7 Å². The Morgan fingerprint density at radius 3 is 2.84 bits per heavy atom. The molecule has 10 heteroatoms. The van der Waals surface area contributed by atoms with Crippen molar-refractivity contribution in [3.63, 3.8) is 0 Å². The van der Waals surface area contributed by atoms with E-state index in [1.54, 1.807) is 23.1 Å². The molecule has 1 aromatic carbocycles. The van der Waals surface area contributed by atoms with Gasteiger partial charge in [0.25, 0.3) is 18.1 Å². The van der Waals surface area contributed by atoms with Crippen molar-refractivity contribution in [2.75, 3.05) is 13.1 Å². The maximum Gasteiger partial charge on any atom is 0.280 e. The normalized spacial score (nSPS) is 19.2. The van der Waals surface area contributed by atoms with Gasteiger partial charge in [0.1, 0.15) is 17.8 Å². The monoisotopic (exact) mass is 440 g/mol. The van der Waals surface area contributed by atoms with E-state index in [1.807, 2.05) is 6.92 Å². The summed E-state index contributed by atoms with van der Waals surface area (Å²) in [7, 11) is 0. The molecule has 0 spiro atoms. The van der Waals surface area contributed by atoms with Crippen LogP contribution >= 0.6 is 0 Å². The zero-order valence-corrected chi connectivity index (χ0v) is 17.1. The molecule has 0 saturated carbocycles. The molecule has 32 heavy (non-hydrogen) atoms. The average Bonchev–Trinajstić information content (AvgIpc) is 3.26. The van der Waals surface area contributed by atoms with Crippen molar-refractivity contribution in [2.45, 2.75) is 25.7 Å². The summed E-state index contributed by atoms with van der Waals surface area (Å²) in [6, 6.07) is 7.66. The first-order valence-corrected chi connectivity index (χ1v) is 10.2. The summed E-state index contributed by atoms with van der Waals surface area (Å²) in [6.07, 6.45) is 0.370. The molecule has 4 heterocycles. The number of hydrogen-bond donors (Lipinski definition) is 0. The molecule has 1 fully saturated rings. The highest BCUT2D eigenvalue weighted by molar-refractivity contribution is 5.98. The van der Waals surface area contributed by atoms with E-state index >= 15 is 0 Å². The minimum Gasteiger partial charge on any atom is -0.338 e. The van der Waals surface area contributed by atoms with Crippen molar-refractivity contribution in [1.29, 1.82) is 0 Å². The molecule has 0 aliphatic carbocycles. The Hall–Kier alpha value is -3.56. The van der Waals surface area contributed by atoms with Crippen molar-refractivity contribution < 1.29 is 18.0 Å². The van der Waals surface area contributed by atoms with E-state index in [1.165, 1.54) is 23.0 Å². The highest BCUT2D eigenvalue weighted by Crippen LogP contribution is 2.34. The number of pyridine rings is 1. The summed E-state index contributed by atoms with van der Waals surface area (Å²) in [5, 5.41) is 4.69. The molecular weight excluding hydrogens is 421 g/mol. The molecule has 0 radical (unpaired) electrons. The minimum absolute atomic E-state index is 0.109. The van der Waals surface area contributed by atoms with Crippen molar-refractivity contribution >= 4 is 22.6 Å². The molecule has 0 N–H and O–H groups in total. The second kappa shape index (κ2) is 7.85. The van der Waals surface area contributed by atoms with Gasteiger partial charge in [0.05, 0.1) is 17.4 Å². The maximum atomic E-state index is 13.6. The largest absolute Gasteiger partial charge is 0.338 e. The fourth-order valence-electron chi connectivity index (χ4n) is 4.29. The highest BCUT2D eigenvalue weighted by Gasteiger charge is 2.33. The van der Waals surface area contributed by atoms with Gasteiger partial charge in [-0.3, -0.25) is 9.78 Å². The van der Waals surface area contributed by atoms with Crippen LogP contribution < -0.4 is 0 Å². The number of nitrogens with zero attached hydrogens (tertiary/aromatic N) is 6. The number of aromatic nitrogens is 5. The molecule has 3 aromatic heterocycles. The molecule has 0 bridgehead atoms. The first kappa shape index (κ1) is 20.3. The molecule has 164 valence electrons. The van der Waals surface area contributed by atoms with Crippen LogP contribution in [0.2, 0.25) is 0 Å². The number of likely N-dealkylation sites (tertiary alicyclic amines) is 1. The van der Waals surface area contributed by atoms with Gasteiger partial charge in [0, 0.05) is 30.0 Å². The molecule has 5 rings (SSSR count). The summed E-state index contributed by atoms with van der Waals surface area (Å²) < 4.78 is 41.9. The smallest absolute Gasteiger partial charge is 0.280 e. The number of alkyl halides is 2. The van der Waals surface area contributed by atoms with E-state index in [-0.39, 0.29) is 29.2 Å². The quantitative estimate of drug-likeness (QED) is 0.481. The zero-order valence-electron chi connectivity index (χ0n) is 17.1. The number of hydrogen-bond acceptors (Lipinski definition) is 5. The molecule has 2 atom stereocenters. The summed E-state index contributed by atoms with van der Waals surface area (Å²) in [5.74, 6) is -0.659. The number of halogens is 3. The first-order chi connectivity index (χ1) is 15.4. The fourth-order valence-corrected chi connectivity index (χ4v) is 4.29. The predicted octanol–water partition coefficient (Wildman–Crippen LogP) is 4.02. The lowest BCUT2D eigenvalue weighted by molar-refractivity contribution is 0.0665. The Morgan fingerprint density at radius 1 is 1.19 bits per heavy atom. The van der Waals surface area contributed by atoms with Crippen molar-refractivity contribution in [3.8, 4) is 0 Å². The molecule has 1 aliphatic heterocycles. The number of rotatable bonds is 3. The molecule has 1 aliphatic rings. The van der Waals surface area contributed by atoms with Gasteiger partial charge < -0.3 is 4.90 Å². The van der Waals surface area contributed by atoms with Crippen LogP contribution in [-0.2, 0) is 0 Å². The molecular formula is C22H19F3N6O. The topological polar surface area (TPSA) is 76.3 Å². The lowest BCUT2D eigenvalue weighted by Crippen LogP contribution is -2.42. The highest BCUT2D eigenvalue weighted by atomic mass is 19.3. The van der Waals surface area contributed by atoms with Crippen LogP contribution in [-0.4, -0.2) is 48.5 Å². The minimum atomic E-state index is -2.74. The van der Waals surface area contributed by atoms with Crippen LogP contribution in [0.5, 0.6) is 0 Å². The van der Waals surface area contributed by atoms with Gasteiger partial charge in [0.15, 0.2) is 0 Å². The van der Waals surface area contributed by atoms with Crippen molar-refractivity contribution in [1.82, 2.24) is 29.5 Å². The fraction of sp³-hybridized carbons (Fsp3) is 0.318. The Kier molecular flexibility index (Phi) is 4.99. The Bertz CT molecular complexity index is 1320. The van der Waals surface area contributed by atoms with Crippen LogP contribution in [0.25, 0.3) is 16.7 Å². The molecule has 1 saturated heterocycles. The number of fused-ring (bicyclic) bond motifs is 2. The van der Waals surface area contributed by atoms with E-state index in [9.17, 15) is 18.0 Å². The van der Waals surface area contributed by atoms with Gasteiger partial charge in [-0.25, -0.2) is 22.7 Å². The van der Waals surface area contributed by atoms with Crippen LogP contribution in [0.3, 0.4) is 0 Å². The van der Waals surface area contributed by atoms with Gasteiger partial charge in [0.2, 0.25) is 0 Å². The Labute approximate surface area is 180 Å².